The van der Waals surface area contributed by atoms with Crippen LogP contribution in [-0.2, 0) is 19.2 Å². The van der Waals surface area contributed by atoms with Gasteiger partial charge in [-0.3, -0.25) is 19.7 Å². The topological polar surface area (TPSA) is 255 Å². The standard InChI is InChI=1S/C28H58N8O5/c1-3-28(2,24(37)20(33)12-4-8-16-29)36-22(14-6-10-18-31)26(39)34-21(13-5-9-17-30)25(38)35-23(27(40)41)15-7-11-19-32/h20-23,36H,3-19,29-33H2,1-2H3,(H,34,39)(H,35,38)(H,40,41). The molecule has 0 aromatic carbocycles. The third kappa shape index (κ3) is 15.6. The number of amides is 2. The summed E-state index contributed by atoms with van der Waals surface area (Å²) < 4.78 is 0. The van der Waals surface area contributed by atoms with Crippen molar-refractivity contribution in [2.24, 2.45) is 28.7 Å². The number of hydrogen-bond donors (Lipinski definition) is 9. The molecule has 2 amide bonds. The van der Waals surface area contributed by atoms with E-state index in [9.17, 15) is 24.3 Å². The summed E-state index contributed by atoms with van der Waals surface area (Å²) in [7, 11) is 0. The number of carbonyl (C=O) groups excluding carboxylic acids is 3. The minimum atomic E-state index is -1.15. The number of aliphatic carboxylic acids is 1. The van der Waals surface area contributed by atoms with Crippen LogP contribution < -0.4 is 44.6 Å². The fourth-order valence-electron chi connectivity index (χ4n) is 4.60. The van der Waals surface area contributed by atoms with Gasteiger partial charge in [-0.05, 0) is 104 Å². The molecule has 5 atom stereocenters. The maximum atomic E-state index is 13.6. The van der Waals surface area contributed by atoms with Gasteiger partial charge in [0.15, 0.2) is 5.78 Å². The molecule has 0 heterocycles. The Labute approximate surface area is 245 Å². The van der Waals surface area contributed by atoms with Gasteiger partial charge in [0.1, 0.15) is 12.1 Å². The van der Waals surface area contributed by atoms with Crippen molar-refractivity contribution in [3.05, 3.63) is 0 Å². The Morgan fingerprint density at radius 1 is 0.659 bits per heavy atom. The number of nitrogens with two attached hydrogens (primary N) is 5. The van der Waals surface area contributed by atoms with Gasteiger partial charge in [-0.1, -0.05) is 19.8 Å². The summed E-state index contributed by atoms with van der Waals surface area (Å²) in [5.41, 5.74) is 27.5. The predicted octanol–water partition coefficient (Wildman–Crippen LogP) is -0.420. The normalized spacial score (nSPS) is 15.8. The first-order valence-electron chi connectivity index (χ1n) is 15.2. The largest absolute Gasteiger partial charge is 0.480 e. The van der Waals surface area contributed by atoms with E-state index in [1.54, 1.807) is 6.92 Å². The van der Waals surface area contributed by atoms with E-state index in [1.165, 1.54) is 0 Å². The van der Waals surface area contributed by atoms with Crippen molar-refractivity contribution < 1.29 is 24.3 Å². The molecule has 41 heavy (non-hydrogen) atoms. The molecule has 0 radical (unpaired) electrons. The predicted molar refractivity (Wildman–Crippen MR) is 162 cm³/mol. The molecule has 13 nitrogen and oxygen atoms in total. The Bertz CT molecular complexity index is 772. The number of nitrogens with one attached hydrogen (secondary N) is 3. The highest BCUT2D eigenvalue weighted by Gasteiger charge is 2.38. The van der Waals surface area contributed by atoms with E-state index in [2.05, 4.69) is 16.0 Å². The fraction of sp³-hybridized carbons (Fsp3) is 0.857. The molecule has 0 spiro atoms. The summed E-state index contributed by atoms with van der Waals surface area (Å²) in [6.07, 6.45) is 7.00. The summed E-state index contributed by atoms with van der Waals surface area (Å²) in [6, 6.07) is -3.56. The molecule has 0 aliphatic rings. The van der Waals surface area contributed by atoms with Crippen LogP contribution in [0.15, 0.2) is 0 Å². The molecule has 14 N–H and O–H groups in total. The first-order valence-corrected chi connectivity index (χ1v) is 15.2. The van der Waals surface area contributed by atoms with E-state index in [0.717, 1.165) is 12.8 Å². The zero-order valence-corrected chi connectivity index (χ0v) is 25.3. The minimum Gasteiger partial charge on any atom is -0.480 e. The van der Waals surface area contributed by atoms with Crippen LogP contribution in [0.3, 0.4) is 0 Å². The second kappa shape index (κ2) is 22.4. The fourth-order valence-corrected chi connectivity index (χ4v) is 4.60. The zero-order chi connectivity index (χ0) is 31.3. The van der Waals surface area contributed by atoms with Gasteiger partial charge in [0.05, 0.1) is 17.6 Å². The van der Waals surface area contributed by atoms with Crippen molar-refractivity contribution in [1.29, 1.82) is 0 Å². The van der Waals surface area contributed by atoms with Crippen molar-refractivity contribution in [3.63, 3.8) is 0 Å². The number of unbranched alkanes of at least 4 members (excludes halogenated alkanes) is 4. The second-order valence-corrected chi connectivity index (χ2v) is 11.0. The number of Topliss-reactive ketones (excluding diaryl/α,β-unsaturated/α-hetero) is 1. The summed E-state index contributed by atoms with van der Waals surface area (Å²) in [4.78, 5) is 52.0. The lowest BCUT2D eigenvalue weighted by molar-refractivity contribution is -0.142. The van der Waals surface area contributed by atoms with Crippen molar-refractivity contribution in [2.45, 2.75) is 127 Å². The summed E-state index contributed by atoms with van der Waals surface area (Å²) in [5, 5.41) is 18.2. The van der Waals surface area contributed by atoms with E-state index < -0.39 is 47.5 Å². The summed E-state index contributed by atoms with van der Waals surface area (Å²) in [6.45, 7) is 5.42. The molecule has 0 rings (SSSR count). The van der Waals surface area contributed by atoms with Gasteiger partial charge < -0.3 is 44.4 Å². The van der Waals surface area contributed by atoms with Crippen LogP contribution in [0, 0.1) is 0 Å². The maximum Gasteiger partial charge on any atom is 0.326 e. The van der Waals surface area contributed by atoms with Gasteiger partial charge in [-0.15, -0.1) is 0 Å². The van der Waals surface area contributed by atoms with Gasteiger partial charge in [0.25, 0.3) is 0 Å². The van der Waals surface area contributed by atoms with Crippen molar-refractivity contribution in [3.8, 4) is 0 Å². The van der Waals surface area contributed by atoms with Crippen LogP contribution in [0.5, 0.6) is 0 Å². The van der Waals surface area contributed by atoms with E-state index >= 15 is 0 Å². The third-order valence-electron chi connectivity index (χ3n) is 7.45. The van der Waals surface area contributed by atoms with Crippen molar-refractivity contribution >= 4 is 23.6 Å². The van der Waals surface area contributed by atoms with Crippen molar-refractivity contribution in [2.75, 3.05) is 26.2 Å². The first kappa shape index (κ1) is 38.8. The highest BCUT2D eigenvalue weighted by molar-refractivity contribution is 5.94. The quantitative estimate of drug-likeness (QED) is 0.0588. The van der Waals surface area contributed by atoms with Crippen molar-refractivity contribution in [1.82, 2.24) is 16.0 Å². The molecular weight excluding hydrogens is 528 g/mol. The minimum absolute atomic E-state index is 0.187. The molecular formula is C28H58N8O5. The monoisotopic (exact) mass is 586 g/mol. The van der Waals surface area contributed by atoms with E-state index in [1.807, 2.05) is 6.92 Å². The molecule has 240 valence electrons. The van der Waals surface area contributed by atoms with Crippen LogP contribution in [0.4, 0.5) is 0 Å². The Hall–Kier alpha value is -2.16. The first-order chi connectivity index (χ1) is 19.5. The average molecular weight is 587 g/mol. The number of rotatable bonds is 26. The third-order valence-corrected chi connectivity index (χ3v) is 7.45. The smallest absolute Gasteiger partial charge is 0.326 e. The van der Waals surface area contributed by atoms with Gasteiger partial charge in [0, 0.05) is 0 Å². The number of carboxylic acids is 1. The van der Waals surface area contributed by atoms with E-state index in [-0.39, 0.29) is 18.6 Å². The van der Waals surface area contributed by atoms with Crippen LogP contribution in [0.25, 0.3) is 0 Å². The Balaban J connectivity index is 5.83. The average Bonchev–Trinajstić information content (AvgIpc) is 2.95. The lowest BCUT2D eigenvalue weighted by Gasteiger charge is -2.35. The van der Waals surface area contributed by atoms with Gasteiger partial charge in [-0.2, -0.15) is 0 Å². The lowest BCUT2D eigenvalue weighted by Crippen LogP contribution is -2.62. The lowest BCUT2D eigenvalue weighted by atomic mass is 9.85. The van der Waals surface area contributed by atoms with Gasteiger partial charge in [0.2, 0.25) is 11.8 Å². The molecule has 0 bridgehead atoms. The van der Waals surface area contributed by atoms with Gasteiger partial charge >= 0.3 is 5.97 Å². The highest BCUT2D eigenvalue weighted by Crippen LogP contribution is 2.18. The molecule has 0 aromatic rings. The van der Waals surface area contributed by atoms with Crippen LogP contribution >= 0.6 is 0 Å². The molecule has 5 unspecified atom stereocenters. The number of carbonyl (C=O) groups is 4. The van der Waals surface area contributed by atoms with Gasteiger partial charge in [-0.25, -0.2) is 4.79 Å². The SMILES string of the molecule is CCC(C)(NC(CCCCN)C(=O)NC(CCCCN)C(=O)NC(CCCCN)C(=O)O)C(=O)C(N)CCCCN. The molecule has 0 aliphatic carbocycles. The van der Waals surface area contributed by atoms with Crippen LogP contribution in [-0.4, -0.2) is 84.6 Å². The number of ketones is 1. The number of hydrogen-bond acceptors (Lipinski definition) is 10. The number of carboxylic acid groups (broad SMARTS) is 1. The second-order valence-electron chi connectivity index (χ2n) is 11.0. The Morgan fingerprint density at radius 3 is 1.49 bits per heavy atom. The summed E-state index contributed by atoms with van der Waals surface area (Å²) in [5.74, 6) is -2.36. The van der Waals surface area contributed by atoms with Crippen LogP contribution in [0.1, 0.15) is 97.3 Å². The van der Waals surface area contributed by atoms with E-state index in [0.29, 0.717) is 84.0 Å². The highest BCUT2D eigenvalue weighted by atomic mass is 16.4. The Kier molecular flexibility index (Phi) is 21.3. The molecule has 0 saturated heterocycles. The van der Waals surface area contributed by atoms with Crippen LogP contribution in [0.2, 0.25) is 0 Å². The Morgan fingerprint density at radius 2 is 1.05 bits per heavy atom. The molecule has 0 aliphatic heterocycles. The summed E-state index contributed by atoms with van der Waals surface area (Å²) >= 11 is 0. The maximum absolute atomic E-state index is 13.6. The molecule has 0 aromatic heterocycles. The molecule has 0 saturated carbocycles. The zero-order valence-electron chi connectivity index (χ0n) is 25.3. The molecule has 0 fully saturated rings. The molecule has 13 heteroatoms. The van der Waals surface area contributed by atoms with E-state index in [4.69, 9.17) is 28.7 Å².